The Labute approximate surface area is 153 Å². The van der Waals surface area contributed by atoms with Crippen LogP contribution in [0.1, 0.15) is 16.7 Å². The lowest BCUT2D eigenvalue weighted by molar-refractivity contribution is -1.92. The molecule has 0 unspecified atom stereocenters. The zero-order valence-corrected chi connectivity index (χ0v) is 14.4. The number of hydrogen-bond acceptors (Lipinski definition) is 4. The topological polar surface area (TPSA) is 78.4 Å². The summed E-state index contributed by atoms with van der Waals surface area (Å²) in [5, 5.41) is 0. The van der Waals surface area contributed by atoms with Gasteiger partial charge in [-0.2, -0.15) is 14.0 Å². The van der Waals surface area contributed by atoms with Crippen LogP contribution in [0.2, 0.25) is 0 Å². The molecule has 130 valence electrons. The Balaban J connectivity index is 1.94. The van der Waals surface area contributed by atoms with Crippen LogP contribution < -0.4 is 14.0 Å². The van der Waals surface area contributed by atoms with Crippen LogP contribution in [0.3, 0.4) is 0 Å². The van der Waals surface area contributed by atoms with Crippen molar-refractivity contribution in [2.24, 2.45) is 0 Å². The lowest BCUT2D eigenvalue weighted by Crippen LogP contribution is -2.60. The molecule has 0 saturated carbocycles. The summed E-state index contributed by atoms with van der Waals surface area (Å²) in [7, 11) is -4.60. The maximum Gasteiger partial charge on any atom is 0.290 e. The van der Waals surface area contributed by atoms with Gasteiger partial charge in [-0.05, 0) is 16.7 Å². The Bertz CT molecular complexity index is 893. The molecule has 0 bridgehead atoms. The summed E-state index contributed by atoms with van der Waals surface area (Å²) in [5.74, 6) is 0.151. The van der Waals surface area contributed by atoms with E-state index >= 15 is 0 Å². The number of halogens is 1. The molecule has 1 aliphatic rings. The van der Waals surface area contributed by atoms with E-state index in [4.69, 9.17) is 4.29 Å². The van der Waals surface area contributed by atoms with Crippen LogP contribution in [0.25, 0.3) is 5.57 Å². The highest BCUT2D eigenvalue weighted by Crippen LogP contribution is 2.64. The van der Waals surface area contributed by atoms with Crippen molar-refractivity contribution in [3.63, 3.8) is 0 Å². The molecule has 4 nitrogen and oxygen atoms in total. The van der Waals surface area contributed by atoms with Crippen LogP contribution in [-0.2, 0) is 9.70 Å². The molecule has 0 aromatic heterocycles. The van der Waals surface area contributed by atoms with Gasteiger partial charge in [0.2, 0.25) is 0 Å². The van der Waals surface area contributed by atoms with E-state index in [0.717, 1.165) is 16.7 Å². The summed E-state index contributed by atoms with van der Waals surface area (Å²) in [6, 6.07) is 28.2. The molecular weight excluding hydrogens is 352 g/mol. The molecule has 0 amide bonds. The summed E-state index contributed by atoms with van der Waals surface area (Å²) in [6.07, 6.45) is 0. The van der Waals surface area contributed by atoms with Gasteiger partial charge < -0.3 is 0 Å². The normalized spacial score (nSPS) is 15.7. The maximum atomic E-state index is 11.4. The third kappa shape index (κ3) is 2.79. The average molecular weight is 367 g/mol. The van der Waals surface area contributed by atoms with Crippen molar-refractivity contribution >= 4 is 5.57 Å². The fourth-order valence-corrected chi connectivity index (χ4v) is 3.88. The second-order valence-corrected chi connectivity index (χ2v) is 6.92. The van der Waals surface area contributed by atoms with Gasteiger partial charge in [0.1, 0.15) is 15.7 Å². The minimum absolute atomic E-state index is 0.151. The molecular formula is C21H15ClO4. The second kappa shape index (κ2) is 6.27. The predicted molar refractivity (Wildman–Crippen MR) is 88.1 cm³/mol. The van der Waals surface area contributed by atoms with Crippen LogP contribution in [0, 0.1) is 10.2 Å². The first-order valence-electron chi connectivity index (χ1n) is 8.05. The van der Waals surface area contributed by atoms with Crippen LogP contribution in [0.15, 0.2) is 96.8 Å². The van der Waals surface area contributed by atoms with Crippen LogP contribution in [-0.4, -0.2) is 0 Å². The van der Waals surface area contributed by atoms with Crippen LogP contribution in [0.4, 0.5) is 0 Å². The first-order chi connectivity index (χ1) is 12.5. The molecule has 0 heterocycles. The third-order valence-electron chi connectivity index (χ3n) is 4.53. The van der Waals surface area contributed by atoms with Crippen LogP contribution in [0.5, 0.6) is 0 Å². The van der Waals surface area contributed by atoms with Gasteiger partial charge >= 0.3 is 0 Å². The van der Waals surface area contributed by atoms with Crippen molar-refractivity contribution in [2.75, 3.05) is 0 Å². The van der Waals surface area contributed by atoms with E-state index in [1.165, 1.54) is 0 Å². The van der Waals surface area contributed by atoms with E-state index < -0.39 is 15.7 Å². The Kier molecular flexibility index (Phi) is 4.05. The molecule has 0 radical (unpaired) electrons. The van der Waals surface area contributed by atoms with Gasteiger partial charge in [-0.25, -0.2) is 0 Å². The van der Waals surface area contributed by atoms with E-state index in [2.05, 4.69) is 0 Å². The van der Waals surface area contributed by atoms with Gasteiger partial charge in [-0.1, -0.05) is 95.3 Å². The van der Waals surface area contributed by atoms with E-state index in [9.17, 15) is 14.0 Å². The highest BCUT2D eigenvalue weighted by Gasteiger charge is 2.65. The van der Waals surface area contributed by atoms with Gasteiger partial charge in [0.15, 0.2) is 0 Å². The fourth-order valence-electron chi connectivity index (χ4n) is 3.50. The average Bonchev–Trinajstić information content (AvgIpc) is 3.31. The third-order valence-corrected chi connectivity index (χ3v) is 4.87. The molecule has 0 atom stereocenters. The molecule has 3 aromatic carbocycles. The Morgan fingerprint density at radius 2 is 1.04 bits per heavy atom. The van der Waals surface area contributed by atoms with E-state index in [0.29, 0.717) is 5.57 Å². The Morgan fingerprint density at radius 3 is 1.46 bits per heavy atom. The smallest absolute Gasteiger partial charge is 0.167 e. The first kappa shape index (κ1) is 16.8. The zero-order chi connectivity index (χ0) is 18.2. The van der Waals surface area contributed by atoms with Crippen molar-refractivity contribution in [1.82, 2.24) is 0 Å². The van der Waals surface area contributed by atoms with Crippen molar-refractivity contribution in [1.29, 1.82) is 0 Å². The minimum Gasteiger partial charge on any atom is -0.167 e. The van der Waals surface area contributed by atoms with Gasteiger partial charge in [-0.3, -0.25) is 0 Å². The summed E-state index contributed by atoms with van der Waals surface area (Å²) in [5.41, 5.74) is 2.29. The second-order valence-electron chi connectivity index (χ2n) is 6.01. The van der Waals surface area contributed by atoms with Crippen molar-refractivity contribution in [2.45, 2.75) is 5.41 Å². The highest BCUT2D eigenvalue weighted by atomic mass is 35.7. The summed E-state index contributed by atoms with van der Waals surface area (Å²) in [4.78, 5) is 0. The molecule has 0 saturated heterocycles. The molecule has 3 aromatic rings. The minimum atomic E-state index is -4.60. The molecule has 26 heavy (non-hydrogen) atoms. The molecule has 0 aliphatic heterocycles. The monoisotopic (exact) mass is 366 g/mol. The van der Waals surface area contributed by atoms with E-state index in [1.54, 1.807) is 0 Å². The highest BCUT2D eigenvalue weighted by molar-refractivity contribution is 5.98. The molecule has 4 rings (SSSR count). The molecule has 0 fully saturated rings. The Morgan fingerprint density at radius 1 is 0.615 bits per heavy atom. The molecule has 0 spiro atoms. The molecule has 5 heteroatoms. The van der Waals surface area contributed by atoms with E-state index in [1.807, 2.05) is 91.0 Å². The summed E-state index contributed by atoms with van der Waals surface area (Å²) < 4.78 is 39.0. The van der Waals surface area contributed by atoms with E-state index in [-0.39, 0.29) is 5.76 Å². The fraction of sp³-hybridized carbons (Fsp3) is 0.0476. The lowest BCUT2D eigenvalue weighted by Gasteiger charge is -2.20. The quantitative estimate of drug-likeness (QED) is 0.682. The maximum absolute atomic E-state index is 11.4. The lowest BCUT2D eigenvalue weighted by atomic mass is 9.81. The summed E-state index contributed by atoms with van der Waals surface area (Å²) in [6.45, 7) is 0. The van der Waals surface area contributed by atoms with Gasteiger partial charge in [0.05, 0.1) is 0 Å². The van der Waals surface area contributed by atoms with Crippen molar-refractivity contribution in [3.05, 3.63) is 113 Å². The first-order valence-corrected chi connectivity index (χ1v) is 9.29. The predicted octanol–water partition coefficient (Wildman–Crippen LogP) is 1.31. The van der Waals surface area contributed by atoms with Crippen molar-refractivity contribution in [3.8, 4) is 0 Å². The largest absolute Gasteiger partial charge is 0.290 e. The van der Waals surface area contributed by atoms with Crippen molar-refractivity contribution < 1.29 is 28.5 Å². The number of benzene rings is 3. The number of hydrogen-bond donors (Lipinski definition) is 0. The van der Waals surface area contributed by atoms with Gasteiger partial charge in [-0.15, -0.1) is 0 Å². The van der Waals surface area contributed by atoms with Crippen LogP contribution >= 0.6 is 0 Å². The standard InChI is InChI=1S/C21H15ClO4/c23-22(24,25)26-20-19(16-10-4-1-5-11-16)21(20,17-12-6-2-7-13-17)18-14-8-3-9-15-18/h1-15H. The zero-order valence-electron chi connectivity index (χ0n) is 13.7. The molecule has 1 aliphatic carbocycles. The number of allylic oxidation sites excluding steroid dienone is 2. The molecule has 0 N–H and O–H groups in total. The summed E-state index contributed by atoms with van der Waals surface area (Å²) >= 11 is 0. The Hall–Kier alpha value is -2.63. The SMILES string of the molecule is [O-][Cl+3]([O-])([O-])OC1=C(c2ccccc2)C1(c1ccccc1)c1ccccc1. The number of rotatable bonds is 5. The van der Waals surface area contributed by atoms with Gasteiger partial charge in [0, 0.05) is 5.57 Å². The van der Waals surface area contributed by atoms with Gasteiger partial charge in [0.25, 0.3) is 5.76 Å².